The van der Waals surface area contributed by atoms with Crippen LogP contribution in [0.5, 0.6) is 0 Å². The van der Waals surface area contributed by atoms with Crippen molar-refractivity contribution in [1.29, 1.82) is 0 Å². The lowest BCUT2D eigenvalue weighted by molar-refractivity contribution is -0.136. The lowest BCUT2D eigenvalue weighted by Crippen LogP contribution is -2.40. The van der Waals surface area contributed by atoms with Crippen molar-refractivity contribution in [2.45, 2.75) is 33.2 Å². The van der Waals surface area contributed by atoms with E-state index in [1.165, 1.54) is 25.6 Å². The minimum atomic E-state index is -0.636. The van der Waals surface area contributed by atoms with E-state index in [9.17, 15) is 14.4 Å². The van der Waals surface area contributed by atoms with Crippen molar-refractivity contribution in [1.82, 2.24) is 9.13 Å². The van der Waals surface area contributed by atoms with E-state index in [1.54, 1.807) is 16.7 Å². The minimum Gasteiger partial charge on any atom is -0.466 e. The summed E-state index contributed by atoms with van der Waals surface area (Å²) in [5.74, 6) is -0.885. The number of esters is 2. The number of aromatic nitrogens is 2. The van der Waals surface area contributed by atoms with Crippen molar-refractivity contribution in [2.75, 3.05) is 14.2 Å². The van der Waals surface area contributed by atoms with Crippen LogP contribution >= 0.6 is 11.3 Å². The van der Waals surface area contributed by atoms with Crippen LogP contribution in [0.1, 0.15) is 52.3 Å². The first-order valence-corrected chi connectivity index (χ1v) is 13.7. The van der Waals surface area contributed by atoms with Crippen LogP contribution in [0, 0.1) is 13.8 Å². The van der Waals surface area contributed by atoms with Gasteiger partial charge in [-0.25, -0.2) is 14.6 Å². The molecule has 0 aliphatic carbocycles. The van der Waals surface area contributed by atoms with Gasteiger partial charge in [-0.2, -0.15) is 0 Å². The highest BCUT2D eigenvalue weighted by Gasteiger charge is 2.33. The van der Waals surface area contributed by atoms with Gasteiger partial charge in [0, 0.05) is 17.1 Å². The third-order valence-corrected chi connectivity index (χ3v) is 8.05. The van der Waals surface area contributed by atoms with Crippen molar-refractivity contribution < 1.29 is 19.1 Å². The van der Waals surface area contributed by atoms with Gasteiger partial charge in [0.25, 0.3) is 5.56 Å². The molecule has 0 bridgehead atoms. The molecular formula is C31H29N3O5S. The molecule has 0 amide bonds. The highest BCUT2D eigenvalue weighted by Crippen LogP contribution is 2.31. The number of methoxy groups -OCH3 is 2. The van der Waals surface area contributed by atoms with Gasteiger partial charge >= 0.3 is 11.9 Å². The number of hydrogen-bond acceptors (Lipinski definition) is 7. The average Bonchev–Trinajstić information content (AvgIpc) is 3.45. The van der Waals surface area contributed by atoms with E-state index in [2.05, 4.69) is 4.57 Å². The van der Waals surface area contributed by atoms with Gasteiger partial charge in [-0.1, -0.05) is 48.6 Å². The van der Waals surface area contributed by atoms with Crippen LogP contribution in [-0.4, -0.2) is 35.3 Å². The quantitative estimate of drug-likeness (QED) is 0.336. The lowest BCUT2D eigenvalue weighted by atomic mass is 9.95. The Morgan fingerprint density at radius 1 is 1.00 bits per heavy atom. The maximum atomic E-state index is 13.9. The van der Waals surface area contributed by atoms with E-state index in [0.717, 1.165) is 28.2 Å². The molecule has 1 aliphatic rings. The number of ether oxygens (including phenoxy) is 2. The van der Waals surface area contributed by atoms with E-state index < -0.39 is 12.0 Å². The molecule has 9 heteroatoms. The number of hydrogen-bond donors (Lipinski definition) is 0. The Bertz CT molecular complexity index is 1830. The number of carbonyl (C=O) groups is 2. The second-order valence-corrected chi connectivity index (χ2v) is 10.4. The molecule has 0 saturated heterocycles. The van der Waals surface area contributed by atoms with Crippen LogP contribution in [0.2, 0.25) is 0 Å². The molecule has 8 nitrogen and oxygen atoms in total. The summed E-state index contributed by atoms with van der Waals surface area (Å²) in [7, 11) is 2.70. The molecule has 5 rings (SSSR count). The number of nitrogens with zero attached hydrogens (tertiary/aromatic N) is 3. The molecule has 0 saturated carbocycles. The Morgan fingerprint density at radius 3 is 2.30 bits per heavy atom. The summed E-state index contributed by atoms with van der Waals surface area (Å²) < 4.78 is 14.1. The predicted molar refractivity (Wildman–Crippen MR) is 153 cm³/mol. The van der Waals surface area contributed by atoms with E-state index in [4.69, 9.17) is 14.5 Å². The van der Waals surface area contributed by atoms with Gasteiger partial charge in [0.05, 0.1) is 41.6 Å². The van der Waals surface area contributed by atoms with Gasteiger partial charge in [-0.15, -0.1) is 0 Å². The first-order chi connectivity index (χ1) is 19.3. The summed E-state index contributed by atoms with van der Waals surface area (Å²) in [6.07, 6.45) is 2.40. The Balaban J connectivity index is 1.65. The topological polar surface area (TPSA) is 91.9 Å². The zero-order chi connectivity index (χ0) is 28.6. The Labute approximate surface area is 235 Å². The van der Waals surface area contributed by atoms with Crippen LogP contribution in [-0.2, 0) is 14.3 Å². The van der Waals surface area contributed by atoms with Gasteiger partial charge in [-0.05, 0) is 67.8 Å². The standard InChI is InChI=1S/C31H29N3O5S/c1-6-24-26(30(37)39-5)27(20-10-8-7-9-11-20)34-28(35)25(40-31(34)32-24)17-22-16-18(2)33(19(22)3)23-14-12-21(13-15-23)29(36)38-4/h7-17,27H,6H2,1-5H3/b25-17-/t27-/m1/s1. The van der Waals surface area contributed by atoms with E-state index in [0.29, 0.717) is 32.6 Å². The molecule has 0 spiro atoms. The highest BCUT2D eigenvalue weighted by atomic mass is 32.1. The molecule has 4 aromatic rings. The van der Waals surface area contributed by atoms with E-state index in [-0.39, 0.29) is 11.5 Å². The number of benzene rings is 2. The van der Waals surface area contributed by atoms with Crippen LogP contribution < -0.4 is 14.9 Å². The molecule has 1 atom stereocenters. The molecule has 0 fully saturated rings. The highest BCUT2D eigenvalue weighted by molar-refractivity contribution is 7.07. The molecule has 0 radical (unpaired) electrons. The maximum absolute atomic E-state index is 13.9. The first-order valence-electron chi connectivity index (χ1n) is 12.8. The smallest absolute Gasteiger partial charge is 0.338 e. The van der Waals surface area contributed by atoms with Crippen molar-refractivity contribution >= 4 is 29.4 Å². The first kappa shape index (κ1) is 27.1. The van der Waals surface area contributed by atoms with Gasteiger partial charge in [-0.3, -0.25) is 9.36 Å². The second kappa shape index (κ2) is 10.9. The lowest BCUT2D eigenvalue weighted by Gasteiger charge is -2.25. The summed E-state index contributed by atoms with van der Waals surface area (Å²) in [6, 6.07) is 18.1. The monoisotopic (exact) mass is 555 g/mol. The molecule has 3 heterocycles. The summed E-state index contributed by atoms with van der Waals surface area (Å²) in [5, 5.41) is 0. The molecule has 1 aliphatic heterocycles. The minimum absolute atomic E-state index is 0.221. The van der Waals surface area contributed by atoms with Crippen molar-refractivity contribution in [3.05, 3.63) is 120 Å². The van der Waals surface area contributed by atoms with E-state index >= 15 is 0 Å². The normalized spacial score (nSPS) is 15.0. The molecule has 0 unspecified atom stereocenters. The largest absolute Gasteiger partial charge is 0.466 e. The number of carbonyl (C=O) groups excluding carboxylic acids is 2. The zero-order valence-electron chi connectivity index (χ0n) is 22.9. The third kappa shape index (κ3) is 4.62. The average molecular weight is 556 g/mol. The SMILES string of the molecule is CCC1=C(C(=O)OC)[C@@H](c2ccccc2)n2c(s/c(=C\c3cc(C)n(-c4ccc(C(=O)OC)cc4)c3C)c2=O)=N1. The number of fused-ring (bicyclic) bond motifs is 1. The maximum Gasteiger partial charge on any atom is 0.338 e. The molecule has 2 aromatic heterocycles. The number of aryl methyl sites for hydroxylation is 1. The summed E-state index contributed by atoms with van der Waals surface area (Å²) in [4.78, 5) is 44.0. The van der Waals surface area contributed by atoms with Crippen LogP contribution in [0.4, 0.5) is 0 Å². The third-order valence-electron chi connectivity index (χ3n) is 7.07. The van der Waals surface area contributed by atoms with Crippen LogP contribution in [0.25, 0.3) is 11.8 Å². The number of rotatable bonds is 6. The molecule has 2 aromatic carbocycles. The number of allylic oxidation sites excluding steroid dienone is 1. The predicted octanol–water partition coefficient (Wildman–Crippen LogP) is 3.99. The van der Waals surface area contributed by atoms with Crippen molar-refractivity contribution in [3.8, 4) is 5.69 Å². The summed E-state index contributed by atoms with van der Waals surface area (Å²) in [5.41, 5.74) is 5.75. The fourth-order valence-electron chi connectivity index (χ4n) is 5.15. The van der Waals surface area contributed by atoms with Gasteiger partial charge < -0.3 is 14.0 Å². The van der Waals surface area contributed by atoms with Gasteiger partial charge in [0.15, 0.2) is 4.80 Å². The molecular weight excluding hydrogens is 526 g/mol. The molecule has 204 valence electrons. The second-order valence-electron chi connectivity index (χ2n) is 9.40. The number of thiazole rings is 1. The fraction of sp³-hybridized carbons (Fsp3) is 0.226. The van der Waals surface area contributed by atoms with Crippen LogP contribution in [0.15, 0.2) is 81.7 Å². The van der Waals surface area contributed by atoms with Crippen molar-refractivity contribution in [2.24, 2.45) is 4.99 Å². The van der Waals surface area contributed by atoms with Gasteiger partial charge in [0.2, 0.25) is 0 Å². The molecule has 40 heavy (non-hydrogen) atoms. The zero-order valence-corrected chi connectivity index (χ0v) is 23.7. The van der Waals surface area contributed by atoms with Gasteiger partial charge in [0.1, 0.15) is 0 Å². The summed E-state index contributed by atoms with van der Waals surface area (Å²) in [6.45, 7) is 5.91. The van der Waals surface area contributed by atoms with Crippen LogP contribution in [0.3, 0.4) is 0 Å². The summed E-state index contributed by atoms with van der Waals surface area (Å²) >= 11 is 1.30. The van der Waals surface area contributed by atoms with Crippen molar-refractivity contribution in [3.63, 3.8) is 0 Å². The Kier molecular flexibility index (Phi) is 7.40. The Hall–Kier alpha value is -4.50. The Morgan fingerprint density at radius 2 is 1.68 bits per heavy atom. The van der Waals surface area contributed by atoms with E-state index in [1.807, 2.05) is 75.4 Å². The molecule has 0 N–H and O–H groups in total. The fourth-order valence-corrected chi connectivity index (χ4v) is 6.16.